The minimum atomic E-state index is -2.79. The molecule has 126 valence electrons. The molecular formula is C18H18ClNO4. The highest BCUT2D eigenvalue weighted by Gasteiger charge is 2.16. The summed E-state index contributed by atoms with van der Waals surface area (Å²) in [5.41, 5.74) is 0.399. The molecule has 0 saturated carbocycles. The van der Waals surface area contributed by atoms with Gasteiger partial charge in [-0.25, -0.2) is 0 Å². The quantitative estimate of drug-likeness (QED) is 0.750. The first-order valence-electron chi connectivity index (χ1n) is 8.59. The minimum Gasteiger partial charge on any atom is -0.468 e. The predicted octanol–water partition coefficient (Wildman–Crippen LogP) is 3.31. The fraction of sp³-hybridized carbons (Fsp3) is 0.222. The summed E-state index contributed by atoms with van der Waals surface area (Å²) in [6.07, 6.45) is -0.307. The van der Waals surface area contributed by atoms with Gasteiger partial charge in [-0.2, -0.15) is 0 Å². The zero-order valence-corrected chi connectivity index (χ0v) is 13.7. The highest BCUT2D eigenvalue weighted by molar-refractivity contribution is 6.30. The fourth-order valence-corrected chi connectivity index (χ4v) is 2.14. The van der Waals surface area contributed by atoms with E-state index in [1.807, 2.05) is 6.07 Å². The van der Waals surface area contributed by atoms with Crippen molar-refractivity contribution in [1.82, 2.24) is 4.90 Å². The number of carbonyl (C=O) groups excluding carboxylic acids is 2. The second kappa shape index (κ2) is 8.36. The van der Waals surface area contributed by atoms with Gasteiger partial charge in [0.05, 0.1) is 13.5 Å². The maximum Gasteiger partial charge on any atom is 0.325 e. The molecule has 0 aliphatic heterocycles. The van der Waals surface area contributed by atoms with E-state index in [-0.39, 0.29) is 6.42 Å². The molecule has 0 N–H and O–H groups in total. The fourth-order valence-electron chi connectivity index (χ4n) is 1.94. The van der Waals surface area contributed by atoms with Gasteiger partial charge in [-0.15, -0.1) is 0 Å². The summed E-state index contributed by atoms with van der Waals surface area (Å²) in [5, 5.41) is 0.367. The highest BCUT2D eigenvalue weighted by Crippen LogP contribution is 2.28. The van der Waals surface area contributed by atoms with Crippen molar-refractivity contribution in [3.8, 4) is 11.5 Å². The number of hydrogen-bond donors (Lipinski definition) is 0. The van der Waals surface area contributed by atoms with Gasteiger partial charge in [0.1, 0.15) is 18.0 Å². The number of para-hydroxylation sites is 1. The largest absolute Gasteiger partial charge is 0.468 e. The Morgan fingerprint density at radius 3 is 2.62 bits per heavy atom. The third-order valence-electron chi connectivity index (χ3n) is 3.15. The average Bonchev–Trinajstić information content (AvgIpc) is 2.61. The summed E-state index contributed by atoms with van der Waals surface area (Å²) >= 11 is 6.01. The Morgan fingerprint density at radius 1 is 1.21 bits per heavy atom. The molecule has 1 amide bonds. The Morgan fingerprint density at radius 2 is 1.96 bits per heavy atom. The van der Waals surface area contributed by atoms with Crippen LogP contribution in [-0.4, -0.2) is 37.4 Å². The van der Waals surface area contributed by atoms with Gasteiger partial charge in [0.2, 0.25) is 5.91 Å². The first kappa shape index (κ1) is 13.9. The van der Waals surface area contributed by atoms with E-state index in [4.69, 9.17) is 20.5 Å². The molecule has 0 radical (unpaired) electrons. The van der Waals surface area contributed by atoms with Gasteiger partial charge in [-0.1, -0.05) is 29.8 Å². The van der Waals surface area contributed by atoms with E-state index in [2.05, 4.69) is 4.74 Å². The Balaban J connectivity index is 2.27. The monoisotopic (exact) mass is 350 g/mol. The molecule has 0 aliphatic rings. The number of carbonyl (C=O) groups is 2. The van der Waals surface area contributed by atoms with Crippen LogP contribution in [0, 0.1) is 0 Å². The Labute approximate surface area is 150 Å². The second-order valence-corrected chi connectivity index (χ2v) is 5.34. The first-order valence-corrected chi connectivity index (χ1v) is 7.47. The van der Waals surface area contributed by atoms with Gasteiger partial charge >= 0.3 is 5.97 Å². The molecule has 2 aromatic rings. The number of nitrogens with zero attached hydrogens (tertiary/aromatic N) is 1. The summed E-state index contributed by atoms with van der Waals surface area (Å²) in [5.74, 6) is -0.690. The summed E-state index contributed by atoms with van der Waals surface area (Å²) in [6.45, 7) is -3.47. The lowest BCUT2D eigenvalue weighted by atomic mass is 10.1. The van der Waals surface area contributed by atoms with E-state index in [1.54, 1.807) is 36.4 Å². The van der Waals surface area contributed by atoms with Crippen LogP contribution >= 0.6 is 11.6 Å². The lowest BCUT2D eigenvalue weighted by Crippen LogP contribution is -2.33. The number of likely N-dealkylation sites (N-methyl/N-ethyl adjacent to an activating group) is 1. The average molecular weight is 351 g/mol. The van der Waals surface area contributed by atoms with Crippen molar-refractivity contribution in [3.63, 3.8) is 0 Å². The SMILES string of the molecule is [2H]C([2H])([2H])N(CC(=O)OC)C(=O)Cc1cc(Cl)ccc1Oc1ccccc1. The number of ether oxygens (including phenoxy) is 2. The zero-order chi connectivity index (χ0) is 20.0. The van der Waals surface area contributed by atoms with Gasteiger partial charge in [0, 0.05) is 21.7 Å². The number of benzene rings is 2. The van der Waals surface area contributed by atoms with Crippen molar-refractivity contribution in [2.45, 2.75) is 6.42 Å². The number of halogens is 1. The van der Waals surface area contributed by atoms with E-state index in [0.29, 0.717) is 27.0 Å². The first-order chi connectivity index (χ1) is 12.7. The van der Waals surface area contributed by atoms with E-state index >= 15 is 0 Å². The standard InChI is InChI=1S/C18H18ClNO4/c1-20(12-18(22)23-2)17(21)11-13-10-14(19)8-9-16(13)24-15-6-4-3-5-7-15/h3-10H,11-12H2,1-2H3/i1D3. The second-order valence-electron chi connectivity index (χ2n) is 4.90. The summed E-state index contributed by atoms with van der Waals surface area (Å²) in [7, 11) is 1.12. The molecule has 0 aliphatic carbocycles. The smallest absolute Gasteiger partial charge is 0.325 e. The molecule has 0 atom stereocenters. The number of hydrogen-bond acceptors (Lipinski definition) is 4. The molecule has 24 heavy (non-hydrogen) atoms. The molecule has 2 aromatic carbocycles. The van der Waals surface area contributed by atoms with E-state index in [9.17, 15) is 9.59 Å². The number of methoxy groups -OCH3 is 1. The molecule has 0 fully saturated rings. The lowest BCUT2D eigenvalue weighted by molar-refractivity contribution is -0.145. The van der Waals surface area contributed by atoms with Crippen molar-refractivity contribution in [3.05, 3.63) is 59.1 Å². The van der Waals surface area contributed by atoms with Gasteiger partial charge in [0.25, 0.3) is 0 Å². The Kier molecular flexibility index (Phi) is 4.83. The van der Waals surface area contributed by atoms with Crippen molar-refractivity contribution in [2.75, 3.05) is 20.6 Å². The molecule has 0 spiro atoms. The summed E-state index contributed by atoms with van der Waals surface area (Å²) < 4.78 is 32.7. The molecule has 0 aromatic heterocycles. The molecule has 0 unspecified atom stereocenters. The van der Waals surface area contributed by atoms with Gasteiger partial charge in [0.15, 0.2) is 0 Å². The van der Waals surface area contributed by atoms with Crippen molar-refractivity contribution < 1.29 is 23.2 Å². The molecule has 5 nitrogen and oxygen atoms in total. The molecule has 6 heteroatoms. The molecule has 0 bridgehead atoms. The number of rotatable bonds is 6. The third-order valence-corrected chi connectivity index (χ3v) is 3.39. The van der Waals surface area contributed by atoms with E-state index < -0.39 is 25.4 Å². The summed E-state index contributed by atoms with van der Waals surface area (Å²) in [6, 6.07) is 13.6. The van der Waals surface area contributed by atoms with Crippen LogP contribution in [-0.2, 0) is 20.7 Å². The van der Waals surface area contributed by atoms with Crippen molar-refractivity contribution in [1.29, 1.82) is 0 Å². The van der Waals surface area contributed by atoms with E-state index in [0.717, 1.165) is 7.11 Å². The maximum atomic E-state index is 12.6. The zero-order valence-electron chi connectivity index (χ0n) is 16.0. The lowest BCUT2D eigenvalue weighted by Gasteiger charge is -2.17. The third kappa shape index (κ3) is 4.99. The van der Waals surface area contributed by atoms with Crippen molar-refractivity contribution >= 4 is 23.5 Å². The van der Waals surface area contributed by atoms with Crippen LogP contribution in [0.1, 0.15) is 9.68 Å². The van der Waals surface area contributed by atoms with Gasteiger partial charge in [-0.3, -0.25) is 9.59 Å². The van der Waals surface area contributed by atoms with Crippen LogP contribution in [0.2, 0.25) is 5.02 Å². The van der Waals surface area contributed by atoms with Crippen LogP contribution in [0.15, 0.2) is 48.5 Å². The van der Waals surface area contributed by atoms with Crippen LogP contribution in [0.4, 0.5) is 0 Å². The van der Waals surface area contributed by atoms with Gasteiger partial charge in [-0.05, 0) is 30.3 Å². The number of amides is 1. The molecular weight excluding hydrogens is 330 g/mol. The van der Waals surface area contributed by atoms with Gasteiger partial charge < -0.3 is 14.4 Å². The molecule has 0 saturated heterocycles. The Bertz CT molecular complexity index is 812. The topological polar surface area (TPSA) is 55.8 Å². The molecule has 0 heterocycles. The van der Waals surface area contributed by atoms with Crippen molar-refractivity contribution in [2.24, 2.45) is 0 Å². The minimum absolute atomic E-state index is 0.307. The highest BCUT2D eigenvalue weighted by atomic mass is 35.5. The van der Waals surface area contributed by atoms with Crippen LogP contribution < -0.4 is 4.74 Å². The predicted molar refractivity (Wildman–Crippen MR) is 91.3 cm³/mol. The Hall–Kier alpha value is -2.53. The number of esters is 1. The summed E-state index contributed by atoms with van der Waals surface area (Å²) in [4.78, 5) is 24.6. The van der Waals surface area contributed by atoms with Crippen LogP contribution in [0.3, 0.4) is 0 Å². The van der Waals surface area contributed by atoms with E-state index in [1.165, 1.54) is 6.07 Å². The molecule has 2 rings (SSSR count). The van der Waals surface area contributed by atoms with Crippen LogP contribution in [0.25, 0.3) is 0 Å². The maximum absolute atomic E-state index is 12.6. The van der Waals surface area contributed by atoms with Crippen LogP contribution in [0.5, 0.6) is 11.5 Å². The normalized spacial score (nSPS) is 12.5.